The van der Waals surface area contributed by atoms with E-state index >= 15 is 0 Å². The standard InChI is InChI=1S/C9H14N2OS/c1-7(9-11-4-5-13-9)12-8-2-3-10-6-8/h4-5,7-8,10H,2-3,6H2,1H3/t7?,8-/m0/s1. The van der Waals surface area contributed by atoms with Gasteiger partial charge in [0.05, 0.1) is 6.10 Å². The van der Waals surface area contributed by atoms with E-state index in [1.165, 1.54) is 0 Å². The van der Waals surface area contributed by atoms with Crippen molar-refractivity contribution in [2.75, 3.05) is 13.1 Å². The fraction of sp³-hybridized carbons (Fsp3) is 0.667. The van der Waals surface area contributed by atoms with Gasteiger partial charge in [0.1, 0.15) is 11.1 Å². The third-order valence-electron chi connectivity index (χ3n) is 2.21. The van der Waals surface area contributed by atoms with Crippen LogP contribution in [0.5, 0.6) is 0 Å². The van der Waals surface area contributed by atoms with Crippen molar-refractivity contribution in [2.24, 2.45) is 0 Å². The van der Waals surface area contributed by atoms with Gasteiger partial charge in [0, 0.05) is 18.1 Å². The minimum Gasteiger partial charge on any atom is -0.367 e. The van der Waals surface area contributed by atoms with E-state index in [4.69, 9.17) is 4.74 Å². The van der Waals surface area contributed by atoms with Gasteiger partial charge in [-0.2, -0.15) is 0 Å². The molecule has 1 fully saturated rings. The van der Waals surface area contributed by atoms with Gasteiger partial charge in [-0.3, -0.25) is 0 Å². The first kappa shape index (κ1) is 9.12. The van der Waals surface area contributed by atoms with Crippen LogP contribution in [0.25, 0.3) is 0 Å². The quantitative estimate of drug-likeness (QED) is 0.800. The first-order valence-electron chi connectivity index (χ1n) is 4.62. The molecule has 72 valence electrons. The normalized spacial score (nSPS) is 24.8. The molecule has 0 amide bonds. The van der Waals surface area contributed by atoms with Crippen molar-refractivity contribution in [3.05, 3.63) is 16.6 Å². The molecule has 1 aliphatic rings. The van der Waals surface area contributed by atoms with Crippen LogP contribution >= 0.6 is 11.3 Å². The van der Waals surface area contributed by atoms with Crippen molar-refractivity contribution >= 4 is 11.3 Å². The molecule has 1 N–H and O–H groups in total. The van der Waals surface area contributed by atoms with Crippen LogP contribution in [0.15, 0.2) is 11.6 Å². The van der Waals surface area contributed by atoms with Crippen LogP contribution in [-0.4, -0.2) is 24.2 Å². The van der Waals surface area contributed by atoms with Crippen LogP contribution in [-0.2, 0) is 4.74 Å². The monoisotopic (exact) mass is 198 g/mol. The number of aromatic nitrogens is 1. The third kappa shape index (κ3) is 2.27. The predicted octanol–water partition coefficient (Wildman–Crippen LogP) is 1.58. The van der Waals surface area contributed by atoms with Crippen molar-refractivity contribution in [1.29, 1.82) is 0 Å². The van der Waals surface area contributed by atoms with Gasteiger partial charge in [0.2, 0.25) is 0 Å². The Morgan fingerprint density at radius 2 is 2.69 bits per heavy atom. The van der Waals surface area contributed by atoms with Gasteiger partial charge in [0.15, 0.2) is 0 Å². The molecule has 0 aromatic carbocycles. The van der Waals surface area contributed by atoms with Gasteiger partial charge in [-0.25, -0.2) is 4.98 Å². The second kappa shape index (κ2) is 4.17. The number of hydrogen-bond acceptors (Lipinski definition) is 4. The maximum absolute atomic E-state index is 5.84. The average molecular weight is 198 g/mol. The Morgan fingerprint density at radius 3 is 3.31 bits per heavy atom. The van der Waals surface area contributed by atoms with Crippen LogP contribution in [0, 0.1) is 0 Å². The molecule has 2 atom stereocenters. The van der Waals surface area contributed by atoms with E-state index in [1.54, 1.807) is 11.3 Å². The zero-order chi connectivity index (χ0) is 9.10. The molecule has 0 bridgehead atoms. The molecule has 0 radical (unpaired) electrons. The molecule has 2 heterocycles. The highest BCUT2D eigenvalue weighted by Crippen LogP contribution is 2.21. The lowest BCUT2D eigenvalue weighted by atomic mass is 10.3. The van der Waals surface area contributed by atoms with Crippen molar-refractivity contribution in [2.45, 2.75) is 25.6 Å². The van der Waals surface area contributed by atoms with E-state index in [9.17, 15) is 0 Å². The molecule has 0 spiro atoms. The van der Waals surface area contributed by atoms with Crippen molar-refractivity contribution in [3.8, 4) is 0 Å². The number of ether oxygens (including phenoxy) is 1. The molecule has 2 rings (SSSR count). The topological polar surface area (TPSA) is 34.1 Å². The summed E-state index contributed by atoms with van der Waals surface area (Å²) in [5, 5.41) is 6.34. The SMILES string of the molecule is CC(O[C@H]1CCNC1)c1nccs1. The Morgan fingerprint density at radius 1 is 1.77 bits per heavy atom. The van der Waals surface area contributed by atoms with E-state index in [0.717, 1.165) is 24.5 Å². The first-order valence-corrected chi connectivity index (χ1v) is 5.50. The molecule has 13 heavy (non-hydrogen) atoms. The van der Waals surface area contributed by atoms with Crippen LogP contribution in [0.2, 0.25) is 0 Å². The van der Waals surface area contributed by atoms with Crippen molar-refractivity contribution < 1.29 is 4.74 Å². The zero-order valence-corrected chi connectivity index (χ0v) is 8.51. The smallest absolute Gasteiger partial charge is 0.121 e. The maximum Gasteiger partial charge on any atom is 0.121 e. The molecule has 1 aliphatic heterocycles. The minimum atomic E-state index is 0.143. The highest BCUT2D eigenvalue weighted by Gasteiger charge is 2.19. The molecule has 3 nitrogen and oxygen atoms in total. The van der Waals surface area contributed by atoms with Crippen LogP contribution < -0.4 is 5.32 Å². The lowest BCUT2D eigenvalue weighted by Crippen LogP contribution is -2.18. The molecule has 1 aromatic rings. The molecule has 0 aliphatic carbocycles. The lowest BCUT2D eigenvalue weighted by Gasteiger charge is -2.15. The first-order chi connectivity index (χ1) is 6.36. The Bertz CT molecular complexity index is 244. The molecule has 0 saturated carbocycles. The maximum atomic E-state index is 5.84. The average Bonchev–Trinajstić information content (AvgIpc) is 2.74. The van der Waals surface area contributed by atoms with Crippen molar-refractivity contribution in [1.82, 2.24) is 10.3 Å². The second-order valence-corrected chi connectivity index (χ2v) is 4.19. The summed E-state index contributed by atoms with van der Waals surface area (Å²) in [5.41, 5.74) is 0. The summed E-state index contributed by atoms with van der Waals surface area (Å²) >= 11 is 1.66. The van der Waals surface area contributed by atoms with E-state index in [-0.39, 0.29) is 6.10 Å². The molecular weight excluding hydrogens is 184 g/mol. The second-order valence-electron chi connectivity index (χ2n) is 3.26. The van der Waals surface area contributed by atoms with E-state index in [1.807, 2.05) is 11.6 Å². The number of rotatable bonds is 3. The Hall–Kier alpha value is -0.450. The number of thiazole rings is 1. The fourth-order valence-electron chi connectivity index (χ4n) is 1.53. The Kier molecular flexibility index (Phi) is 2.93. The van der Waals surface area contributed by atoms with Gasteiger partial charge in [0.25, 0.3) is 0 Å². The van der Waals surface area contributed by atoms with E-state index in [2.05, 4.69) is 17.2 Å². The lowest BCUT2D eigenvalue weighted by molar-refractivity contribution is 0.00818. The van der Waals surface area contributed by atoms with E-state index in [0.29, 0.717) is 6.10 Å². The minimum absolute atomic E-state index is 0.143. The highest BCUT2D eigenvalue weighted by atomic mass is 32.1. The van der Waals surface area contributed by atoms with Crippen molar-refractivity contribution in [3.63, 3.8) is 0 Å². The number of nitrogens with one attached hydrogen (secondary N) is 1. The highest BCUT2D eigenvalue weighted by molar-refractivity contribution is 7.09. The van der Waals surface area contributed by atoms with Gasteiger partial charge in [-0.05, 0) is 19.9 Å². The van der Waals surface area contributed by atoms with Crippen LogP contribution in [0.4, 0.5) is 0 Å². The van der Waals surface area contributed by atoms with Crippen LogP contribution in [0.3, 0.4) is 0 Å². The molecule has 1 unspecified atom stereocenters. The summed E-state index contributed by atoms with van der Waals surface area (Å²) in [4.78, 5) is 4.23. The Balaban J connectivity index is 1.87. The molecule has 1 aromatic heterocycles. The number of nitrogens with zero attached hydrogens (tertiary/aromatic N) is 1. The van der Waals surface area contributed by atoms with E-state index < -0.39 is 0 Å². The number of hydrogen-bond donors (Lipinski definition) is 1. The Labute approximate surface area is 82.1 Å². The third-order valence-corrected chi connectivity index (χ3v) is 3.15. The summed E-state index contributed by atoms with van der Waals surface area (Å²) in [5.74, 6) is 0. The largest absolute Gasteiger partial charge is 0.367 e. The summed E-state index contributed by atoms with van der Waals surface area (Å²) in [6.07, 6.45) is 3.46. The summed E-state index contributed by atoms with van der Waals surface area (Å²) in [6, 6.07) is 0. The summed E-state index contributed by atoms with van der Waals surface area (Å²) in [7, 11) is 0. The van der Waals surface area contributed by atoms with Gasteiger partial charge < -0.3 is 10.1 Å². The van der Waals surface area contributed by atoms with Gasteiger partial charge in [-0.15, -0.1) is 11.3 Å². The van der Waals surface area contributed by atoms with Gasteiger partial charge >= 0.3 is 0 Å². The van der Waals surface area contributed by atoms with Crippen LogP contribution in [0.1, 0.15) is 24.5 Å². The predicted molar refractivity (Wildman–Crippen MR) is 52.9 cm³/mol. The fourth-order valence-corrected chi connectivity index (χ4v) is 2.16. The molecule has 4 heteroatoms. The molecular formula is C9H14N2OS. The zero-order valence-electron chi connectivity index (χ0n) is 7.69. The molecule has 1 saturated heterocycles. The summed E-state index contributed by atoms with van der Waals surface area (Å²) in [6.45, 7) is 4.13. The summed E-state index contributed by atoms with van der Waals surface area (Å²) < 4.78 is 5.84. The van der Waals surface area contributed by atoms with Gasteiger partial charge in [-0.1, -0.05) is 0 Å².